The highest BCUT2D eigenvalue weighted by Crippen LogP contribution is 2.32. The molecule has 0 radical (unpaired) electrons. The Hall–Kier alpha value is -0.770. The second-order valence-corrected chi connectivity index (χ2v) is 6.00. The Morgan fingerprint density at radius 1 is 1.38 bits per heavy atom. The quantitative estimate of drug-likeness (QED) is 0.302. The van der Waals surface area contributed by atoms with Gasteiger partial charge in [-0.1, -0.05) is 0 Å². The molecule has 1 aliphatic rings. The minimum absolute atomic E-state index is 0.110. The molecule has 0 saturated carbocycles. The summed E-state index contributed by atoms with van der Waals surface area (Å²) in [5, 5.41) is 10.9. The zero-order valence-corrected chi connectivity index (χ0v) is 14.4. The van der Waals surface area contributed by atoms with Crippen LogP contribution in [0, 0.1) is 10.1 Å². The first kappa shape index (κ1) is 16.6. The number of ether oxygens (including phenoxy) is 2. The number of aromatic nitrogens is 1. The van der Waals surface area contributed by atoms with E-state index in [2.05, 4.69) is 41.7 Å². The van der Waals surface area contributed by atoms with E-state index in [9.17, 15) is 10.1 Å². The lowest BCUT2D eigenvalue weighted by Gasteiger charge is -2.26. The maximum absolute atomic E-state index is 10.9. The normalized spacial score (nSPS) is 15.9. The van der Waals surface area contributed by atoms with Gasteiger partial charge in [0.15, 0.2) is 10.4 Å². The Bertz CT molecular complexity index is 510. The summed E-state index contributed by atoms with van der Waals surface area (Å²) < 4.78 is 11.5. The van der Waals surface area contributed by atoms with Crippen molar-refractivity contribution in [2.24, 2.45) is 0 Å². The van der Waals surface area contributed by atoms with E-state index in [1.807, 2.05) is 0 Å². The fourth-order valence-corrected chi connectivity index (χ4v) is 3.05. The molecule has 1 aromatic rings. The molecular formula is C12H15Br2N3O4. The molecule has 0 aromatic carbocycles. The third-order valence-corrected chi connectivity index (χ3v) is 4.21. The lowest BCUT2D eigenvalue weighted by molar-refractivity contribution is -0.386. The minimum atomic E-state index is -0.496. The molecule has 1 aromatic heterocycles. The predicted molar refractivity (Wildman–Crippen MR) is 83.7 cm³/mol. The number of nitrogens with zero attached hydrogens (tertiary/aromatic N) is 3. The maximum Gasteiger partial charge on any atom is 0.305 e. The molecule has 0 unspecified atom stereocenters. The van der Waals surface area contributed by atoms with E-state index in [0.29, 0.717) is 17.0 Å². The molecule has 21 heavy (non-hydrogen) atoms. The lowest BCUT2D eigenvalue weighted by atomic mass is 10.3. The average molecular weight is 425 g/mol. The number of rotatable bonds is 6. The predicted octanol–water partition coefficient (Wildman–Crippen LogP) is 2.62. The van der Waals surface area contributed by atoms with Crippen molar-refractivity contribution in [1.82, 2.24) is 9.88 Å². The first-order valence-electron chi connectivity index (χ1n) is 6.51. The summed E-state index contributed by atoms with van der Waals surface area (Å²) in [5.74, 6) is 0.381. The average Bonchev–Trinajstić information content (AvgIpc) is 2.46. The van der Waals surface area contributed by atoms with Gasteiger partial charge in [0.25, 0.3) is 0 Å². The first-order chi connectivity index (χ1) is 10.1. The van der Waals surface area contributed by atoms with Gasteiger partial charge in [-0.15, -0.1) is 0 Å². The van der Waals surface area contributed by atoms with Crippen LogP contribution in [0.25, 0.3) is 0 Å². The molecule has 116 valence electrons. The summed E-state index contributed by atoms with van der Waals surface area (Å²) in [6.45, 7) is 4.83. The van der Waals surface area contributed by atoms with Crippen molar-refractivity contribution in [3.63, 3.8) is 0 Å². The van der Waals surface area contributed by atoms with Gasteiger partial charge in [-0.05, 0) is 38.3 Å². The van der Waals surface area contributed by atoms with E-state index in [0.717, 1.165) is 39.3 Å². The Morgan fingerprint density at radius 3 is 2.76 bits per heavy atom. The molecule has 0 atom stereocenters. The van der Waals surface area contributed by atoms with Crippen molar-refractivity contribution in [2.45, 2.75) is 6.42 Å². The summed E-state index contributed by atoms with van der Waals surface area (Å²) in [6, 6.07) is 1.37. The number of nitro groups is 1. The zero-order chi connectivity index (χ0) is 15.2. The van der Waals surface area contributed by atoms with Crippen molar-refractivity contribution in [1.29, 1.82) is 0 Å². The Balaban J connectivity index is 1.85. The third kappa shape index (κ3) is 4.87. The second-order valence-electron chi connectivity index (χ2n) is 4.50. The van der Waals surface area contributed by atoms with Gasteiger partial charge in [0, 0.05) is 19.6 Å². The van der Waals surface area contributed by atoms with Crippen LogP contribution >= 0.6 is 31.9 Å². The Labute approximate surface area is 139 Å². The number of hydrogen-bond acceptors (Lipinski definition) is 6. The number of hydrogen-bond donors (Lipinski definition) is 0. The van der Waals surface area contributed by atoms with E-state index in [4.69, 9.17) is 9.47 Å². The van der Waals surface area contributed by atoms with Crippen LogP contribution in [0.5, 0.6) is 5.75 Å². The second kappa shape index (κ2) is 8.02. The largest absolute Gasteiger partial charge is 0.490 e. The van der Waals surface area contributed by atoms with Gasteiger partial charge < -0.3 is 9.47 Å². The van der Waals surface area contributed by atoms with Gasteiger partial charge in [-0.3, -0.25) is 15.0 Å². The summed E-state index contributed by atoms with van der Waals surface area (Å²) in [4.78, 5) is 16.7. The van der Waals surface area contributed by atoms with Gasteiger partial charge in [0.2, 0.25) is 0 Å². The van der Waals surface area contributed by atoms with Crippen molar-refractivity contribution < 1.29 is 14.4 Å². The topological polar surface area (TPSA) is 77.7 Å². The molecule has 2 rings (SSSR count). The summed E-state index contributed by atoms with van der Waals surface area (Å²) in [7, 11) is 0. The summed E-state index contributed by atoms with van der Waals surface area (Å²) in [5.41, 5.74) is -0.110. The molecule has 1 saturated heterocycles. The van der Waals surface area contributed by atoms with Crippen LogP contribution in [0.1, 0.15) is 6.42 Å². The molecule has 0 spiro atoms. The standard InChI is InChI=1S/C12H15Br2N3O4/c13-11-9(17(18)19)8-10(12(14)15-11)21-5-1-2-16-3-6-20-7-4-16/h8H,1-7H2. The van der Waals surface area contributed by atoms with E-state index in [-0.39, 0.29) is 10.3 Å². The highest BCUT2D eigenvalue weighted by molar-refractivity contribution is 9.11. The molecule has 0 N–H and O–H groups in total. The highest BCUT2D eigenvalue weighted by atomic mass is 79.9. The fourth-order valence-electron chi connectivity index (χ4n) is 1.97. The lowest BCUT2D eigenvalue weighted by Crippen LogP contribution is -2.37. The van der Waals surface area contributed by atoms with Crippen LogP contribution in [0.3, 0.4) is 0 Å². The third-order valence-electron chi connectivity index (χ3n) is 3.06. The van der Waals surface area contributed by atoms with E-state index >= 15 is 0 Å². The number of morpholine rings is 1. The van der Waals surface area contributed by atoms with Gasteiger partial charge >= 0.3 is 5.69 Å². The molecule has 1 fully saturated rings. The highest BCUT2D eigenvalue weighted by Gasteiger charge is 2.18. The van der Waals surface area contributed by atoms with Gasteiger partial charge in [-0.2, -0.15) is 0 Å². The number of halogens is 2. The van der Waals surface area contributed by atoms with Crippen molar-refractivity contribution >= 4 is 37.5 Å². The van der Waals surface area contributed by atoms with Gasteiger partial charge in [0.05, 0.1) is 30.8 Å². The molecule has 7 nitrogen and oxygen atoms in total. The number of pyridine rings is 1. The molecule has 1 aliphatic heterocycles. The molecule has 0 amide bonds. The molecule has 9 heteroatoms. The monoisotopic (exact) mass is 423 g/mol. The minimum Gasteiger partial charge on any atom is -0.490 e. The summed E-state index contributed by atoms with van der Waals surface area (Å²) in [6.07, 6.45) is 0.844. The van der Waals surface area contributed by atoms with Gasteiger partial charge in [-0.25, -0.2) is 4.98 Å². The Kier molecular flexibility index (Phi) is 6.34. The molecule has 2 heterocycles. The van der Waals surface area contributed by atoms with Crippen molar-refractivity contribution in [3.8, 4) is 5.75 Å². The van der Waals surface area contributed by atoms with Crippen LogP contribution in [-0.2, 0) is 4.74 Å². The fraction of sp³-hybridized carbons (Fsp3) is 0.583. The van der Waals surface area contributed by atoms with Crippen molar-refractivity contribution in [3.05, 3.63) is 25.4 Å². The molecule has 0 bridgehead atoms. The maximum atomic E-state index is 10.9. The smallest absolute Gasteiger partial charge is 0.305 e. The van der Waals surface area contributed by atoms with Crippen LogP contribution in [0.15, 0.2) is 15.3 Å². The SMILES string of the molecule is O=[N+]([O-])c1cc(OCCCN2CCOCC2)c(Br)nc1Br. The van der Waals surface area contributed by atoms with Crippen LogP contribution < -0.4 is 4.74 Å². The van der Waals surface area contributed by atoms with E-state index < -0.39 is 4.92 Å². The summed E-state index contributed by atoms with van der Waals surface area (Å²) >= 11 is 6.30. The van der Waals surface area contributed by atoms with Crippen molar-refractivity contribution in [2.75, 3.05) is 39.5 Å². The van der Waals surface area contributed by atoms with Crippen LogP contribution in [0.2, 0.25) is 0 Å². The first-order valence-corrected chi connectivity index (χ1v) is 8.10. The van der Waals surface area contributed by atoms with E-state index in [1.165, 1.54) is 6.07 Å². The van der Waals surface area contributed by atoms with E-state index in [1.54, 1.807) is 0 Å². The Morgan fingerprint density at radius 2 is 2.10 bits per heavy atom. The van der Waals surface area contributed by atoms with Crippen LogP contribution in [-0.4, -0.2) is 54.3 Å². The molecular weight excluding hydrogens is 410 g/mol. The van der Waals surface area contributed by atoms with Crippen LogP contribution in [0.4, 0.5) is 5.69 Å². The zero-order valence-electron chi connectivity index (χ0n) is 11.3. The molecule has 0 aliphatic carbocycles. The van der Waals surface area contributed by atoms with Gasteiger partial charge in [0.1, 0.15) is 4.60 Å².